The molecule has 0 saturated carbocycles. The number of hydrogen-bond acceptors (Lipinski definition) is 0. The van der Waals surface area contributed by atoms with E-state index in [0.29, 0.717) is 0 Å². The average Bonchev–Trinajstić information content (AvgIpc) is 2.92. The minimum Gasteiger partial charge on any atom is -1.00 e. The van der Waals surface area contributed by atoms with Crippen LogP contribution in [0.5, 0.6) is 0 Å². The van der Waals surface area contributed by atoms with Crippen molar-refractivity contribution in [2.75, 3.05) is 0 Å². The zero-order valence-electron chi connectivity index (χ0n) is 11.8. The summed E-state index contributed by atoms with van der Waals surface area (Å²) in [6.07, 6.45) is 16.3. The predicted octanol–water partition coefficient (Wildman–Crippen LogP) is 1.44. The van der Waals surface area contributed by atoms with Crippen molar-refractivity contribution >= 4 is 8.07 Å². The average molecular weight is 224 g/mol. The fourth-order valence-electron chi connectivity index (χ4n) is 2.97. The van der Waals surface area contributed by atoms with Crippen LogP contribution >= 0.6 is 0 Å². The Labute approximate surface area is 114 Å². The molecular formula is C14H21LiSi. The van der Waals surface area contributed by atoms with Crippen LogP contribution in [0.4, 0.5) is 0 Å². The molecule has 0 heterocycles. The van der Waals surface area contributed by atoms with Crippen molar-refractivity contribution in [2.45, 2.75) is 38.8 Å². The first-order valence-electron chi connectivity index (χ1n) is 6.06. The minimum absolute atomic E-state index is 0. The molecule has 16 heavy (non-hydrogen) atoms. The van der Waals surface area contributed by atoms with Gasteiger partial charge in [0.05, 0.1) is 0 Å². The van der Waals surface area contributed by atoms with E-state index in [-0.39, 0.29) is 20.3 Å². The van der Waals surface area contributed by atoms with Gasteiger partial charge in [0.1, 0.15) is 8.07 Å². The van der Waals surface area contributed by atoms with Crippen LogP contribution < -0.4 is 18.9 Å². The Morgan fingerprint density at radius 2 is 1.44 bits per heavy atom. The van der Waals surface area contributed by atoms with Crippen LogP contribution in [0.25, 0.3) is 0 Å². The van der Waals surface area contributed by atoms with Gasteiger partial charge >= 0.3 is 18.9 Å². The zero-order valence-corrected chi connectivity index (χ0v) is 11.8. The Morgan fingerprint density at radius 1 is 1.00 bits per heavy atom. The van der Waals surface area contributed by atoms with Crippen LogP contribution in [0.15, 0.2) is 46.8 Å². The van der Waals surface area contributed by atoms with Crippen LogP contribution in [0, 0.1) is 0 Å². The molecule has 82 valence electrons. The molecule has 0 bridgehead atoms. The monoisotopic (exact) mass is 224 g/mol. The minimum atomic E-state index is -1.28. The summed E-state index contributed by atoms with van der Waals surface area (Å²) in [5, 5.41) is 3.50. The zero-order chi connectivity index (χ0) is 10.7. The molecule has 0 atom stereocenters. The van der Waals surface area contributed by atoms with E-state index in [9.17, 15) is 0 Å². The van der Waals surface area contributed by atoms with Crippen molar-refractivity contribution < 1.29 is 20.3 Å². The Balaban J connectivity index is 0.00000128. The van der Waals surface area contributed by atoms with Gasteiger partial charge < -0.3 is 1.43 Å². The molecule has 0 aromatic carbocycles. The van der Waals surface area contributed by atoms with E-state index >= 15 is 0 Å². The second-order valence-corrected chi connectivity index (χ2v) is 9.30. The van der Waals surface area contributed by atoms with E-state index in [1.807, 2.05) is 0 Å². The van der Waals surface area contributed by atoms with Gasteiger partial charge in [0.25, 0.3) is 0 Å². The summed E-state index contributed by atoms with van der Waals surface area (Å²) in [7, 11) is -1.28. The summed E-state index contributed by atoms with van der Waals surface area (Å²) >= 11 is 0. The third-order valence-electron chi connectivity index (χ3n) is 3.98. The van der Waals surface area contributed by atoms with Crippen LogP contribution in [-0.4, -0.2) is 8.07 Å². The molecule has 0 radical (unpaired) electrons. The molecule has 0 N–H and O–H groups in total. The maximum atomic E-state index is 2.39. The molecule has 0 unspecified atom stereocenters. The smallest absolute Gasteiger partial charge is 1.00 e. The van der Waals surface area contributed by atoms with Crippen molar-refractivity contribution in [1.82, 2.24) is 0 Å². The summed E-state index contributed by atoms with van der Waals surface area (Å²) in [6, 6.07) is 2.73. The Kier molecular flexibility index (Phi) is 5.11. The normalized spacial score (nSPS) is 18.4. The van der Waals surface area contributed by atoms with E-state index in [1.54, 1.807) is 10.4 Å². The van der Waals surface area contributed by atoms with Gasteiger partial charge in [0.15, 0.2) is 0 Å². The first-order valence-corrected chi connectivity index (χ1v) is 8.47. The van der Waals surface area contributed by atoms with Gasteiger partial charge in [-0.25, -0.2) is 0 Å². The molecule has 2 aliphatic carbocycles. The maximum Gasteiger partial charge on any atom is 1.00 e. The van der Waals surface area contributed by atoms with E-state index < -0.39 is 8.07 Å². The molecule has 0 saturated heterocycles. The SMILES string of the molecule is CC[Si](CC)(C1=CC=CC1)C1=CC=CC1.[H-].[Li+]. The first kappa shape index (κ1) is 13.8. The summed E-state index contributed by atoms with van der Waals surface area (Å²) in [6.45, 7) is 4.77. The van der Waals surface area contributed by atoms with Crippen molar-refractivity contribution in [3.8, 4) is 0 Å². The van der Waals surface area contributed by atoms with E-state index in [2.05, 4.69) is 50.3 Å². The molecule has 0 spiro atoms. The molecule has 0 aromatic rings. The fraction of sp³-hybridized carbons (Fsp3) is 0.429. The standard InChI is InChI=1S/C14H20Si.Li.H/c1-3-15(4-2,13-9-5-6-10-13)14-11-7-8-12-14;;/h5-9,11H,3-4,10,12H2,1-2H3;;/q;+1;-1. The molecule has 0 aliphatic heterocycles. The summed E-state index contributed by atoms with van der Waals surface area (Å²) < 4.78 is 0. The van der Waals surface area contributed by atoms with Crippen LogP contribution in [0.3, 0.4) is 0 Å². The van der Waals surface area contributed by atoms with E-state index in [0.717, 1.165) is 0 Å². The molecular weight excluding hydrogens is 203 g/mol. The van der Waals surface area contributed by atoms with Crippen molar-refractivity contribution in [3.05, 3.63) is 46.8 Å². The summed E-state index contributed by atoms with van der Waals surface area (Å²) in [5.41, 5.74) is 0. The third kappa shape index (κ3) is 2.23. The second kappa shape index (κ2) is 5.91. The third-order valence-corrected chi connectivity index (χ3v) is 9.59. The molecule has 2 heteroatoms. The van der Waals surface area contributed by atoms with Crippen LogP contribution in [0.2, 0.25) is 12.1 Å². The van der Waals surface area contributed by atoms with Gasteiger partial charge in [0.2, 0.25) is 0 Å². The van der Waals surface area contributed by atoms with Crippen molar-refractivity contribution in [2.24, 2.45) is 0 Å². The van der Waals surface area contributed by atoms with E-state index in [4.69, 9.17) is 0 Å². The first-order chi connectivity index (χ1) is 7.33. The summed E-state index contributed by atoms with van der Waals surface area (Å²) in [5.74, 6) is 0. The Morgan fingerprint density at radius 3 is 1.69 bits per heavy atom. The predicted molar refractivity (Wildman–Crippen MR) is 71.5 cm³/mol. The van der Waals surface area contributed by atoms with Crippen LogP contribution in [-0.2, 0) is 0 Å². The fourth-order valence-corrected chi connectivity index (χ4v) is 7.55. The second-order valence-electron chi connectivity index (χ2n) is 4.44. The van der Waals surface area contributed by atoms with Crippen molar-refractivity contribution in [3.63, 3.8) is 0 Å². The van der Waals surface area contributed by atoms with Gasteiger partial charge in [-0.05, 0) is 12.8 Å². The Hall–Kier alpha value is -0.226. The van der Waals surface area contributed by atoms with Gasteiger partial charge in [-0.15, -0.1) is 0 Å². The maximum absolute atomic E-state index is 2.39. The van der Waals surface area contributed by atoms with Gasteiger partial charge in [-0.3, -0.25) is 0 Å². The number of allylic oxidation sites excluding steroid dienone is 8. The molecule has 0 amide bonds. The van der Waals surface area contributed by atoms with Gasteiger partial charge in [0, 0.05) is 0 Å². The van der Waals surface area contributed by atoms with E-state index in [1.165, 1.54) is 24.9 Å². The molecule has 2 rings (SSSR count). The van der Waals surface area contributed by atoms with Gasteiger partial charge in [-0.2, -0.15) is 0 Å². The number of rotatable bonds is 4. The van der Waals surface area contributed by atoms with Crippen LogP contribution in [0.1, 0.15) is 28.1 Å². The largest absolute Gasteiger partial charge is 1.00 e. The quantitative estimate of drug-likeness (QED) is 0.634. The topological polar surface area (TPSA) is 0 Å². The molecule has 0 aromatic heterocycles. The molecule has 0 fully saturated rings. The van der Waals surface area contributed by atoms with Crippen molar-refractivity contribution in [1.29, 1.82) is 0 Å². The molecule has 0 nitrogen and oxygen atoms in total. The summed E-state index contributed by atoms with van der Waals surface area (Å²) in [4.78, 5) is 0. The molecule has 2 aliphatic rings. The Bertz CT molecular complexity index is 330. The number of hydrogen-bond donors (Lipinski definition) is 0. The van der Waals surface area contributed by atoms with Gasteiger partial charge in [-0.1, -0.05) is 72.8 Å².